The molecule has 0 aliphatic heterocycles. The number of rotatable bonds is 6. The molecule has 0 unspecified atom stereocenters. The second-order valence-electron chi connectivity index (χ2n) is 5.66. The van der Waals surface area contributed by atoms with E-state index in [1.807, 2.05) is 30.3 Å². The molecule has 8 heteroatoms. The molecule has 0 aliphatic rings. The van der Waals surface area contributed by atoms with Crippen LogP contribution in [-0.4, -0.2) is 24.7 Å². The van der Waals surface area contributed by atoms with E-state index in [1.165, 1.54) is 12.1 Å². The van der Waals surface area contributed by atoms with E-state index in [-0.39, 0.29) is 17.7 Å². The number of hydrogen-bond acceptors (Lipinski definition) is 5. The highest BCUT2D eigenvalue weighted by molar-refractivity contribution is 7.89. The predicted molar refractivity (Wildman–Crippen MR) is 94.7 cm³/mol. The maximum atomic E-state index is 11.4. The van der Waals surface area contributed by atoms with E-state index in [9.17, 15) is 13.2 Å². The number of benzene rings is 2. The van der Waals surface area contributed by atoms with Gasteiger partial charge in [-0.1, -0.05) is 35.5 Å². The van der Waals surface area contributed by atoms with Crippen LogP contribution in [0, 0.1) is 0 Å². The lowest BCUT2D eigenvalue weighted by Gasteiger charge is -2.05. The number of aromatic nitrogens is 1. The molecule has 3 aromatic rings. The van der Waals surface area contributed by atoms with Gasteiger partial charge in [-0.2, -0.15) is 0 Å². The Morgan fingerprint density at radius 3 is 2.27 bits per heavy atom. The number of carboxylic acids is 1. The lowest BCUT2D eigenvalue weighted by molar-refractivity contribution is -0.136. The summed E-state index contributed by atoms with van der Waals surface area (Å²) in [5, 5.41) is 18.1. The fraction of sp³-hybridized carbons (Fsp3) is 0.111. The highest BCUT2D eigenvalue weighted by atomic mass is 32.2. The van der Waals surface area contributed by atoms with E-state index in [4.69, 9.17) is 14.8 Å². The van der Waals surface area contributed by atoms with Crippen molar-refractivity contribution in [1.82, 2.24) is 5.16 Å². The quantitative estimate of drug-likeness (QED) is 0.685. The van der Waals surface area contributed by atoms with E-state index in [1.54, 1.807) is 12.1 Å². The second kappa shape index (κ2) is 7.11. The van der Waals surface area contributed by atoms with Gasteiger partial charge in [-0.3, -0.25) is 4.79 Å². The maximum Gasteiger partial charge on any atom is 0.303 e. The number of sulfonamides is 1. The molecule has 1 aromatic heterocycles. The molecular weight excluding hydrogens is 356 g/mol. The molecule has 7 nitrogen and oxygen atoms in total. The van der Waals surface area contributed by atoms with Gasteiger partial charge in [0.2, 0.25) is 10.0 Å². The Kier molecular flexibility index (Phi) is 4.88. The molecule has 3 N–H and O–H groups in total. The Labute approximate surface area is 150 Å². The second-order valence-corrected chi connectivity index (χ2v) is 7.22. The van der Waals surface area contributed by atoms with Gasteiger partial charge >= 0.3 is 5.97 Å². The molecule has 134 valence electrons. The number of aliphatic carboxylic acids is 1. The molecule has 0 radical (unpaired) electrons. The number of carbonyl (C=O) groups is 1. The molecule has 0 fully saturated rings. The van der Waals surface area contributed by atoms with E-state index < -0.39 is 16.0 Å². The van der Waals surface area contributed by atoms with E-state index in [2.05, 4.69) is 5.16 Å². The van der Waals surface area contributed by atoms with Gasteiger partial charge in [0.25, 0.3) is 0 Å². The van der Waals surface area contributed by atoms with Crippen molar-refractivity contribution in [3.63, 3.8) is 0 Å². The first-order valence-corrected chi connectivity index (χ1v) is 9.30. The normalized spacial score (nSPS) is 11.4. The minimum absolute atomic E-state index is 0.00636. The Hall–Kier alpha value is -2.97. The number of nitrogens with zero attached hydrogens (tertiary/aromatic N) is 1. The number of nitrogens with two attached hydrogens (primary N) is 1. The fourth-order valence-corrected chi connectivity index (χ4v) is 3.13. The Balaban J connectivity index is 2.08. The molecule has 0 aliphatic carbocycles. The molecule has 0 amide bonds. The highest BCUT2D eigenvalue weighted by Crippen LogP contribution is 2.35. The van der Waals surface area contributed by atoms with Gasteiger partial charge in [0.05, 0.1) is 22.6 Å². The number of hydrogen-bond donors (Lipinski definition) is 2. The van der Waals surface area contributed by atoms with Crippen LogP contribution in [-0.2, 0) is 21.2 Å². The molecule has 26 heavy (non-hydrogen) atoms. The van der Waals surface area contributed by atoms with Crippen LogP contribution >= 0.6 is 0 Å². The zero-order valence-corrected chi connectivity index (χ0v) is 14.4. The summed E-state index contributed by atoms with van der Waals surface area (Å²) in [6.07, 6.45) is 0.147. The molecular formula is C18H16N2O5S. The van der Waals surface area contributed by atoms with Gasteiger partial charge in [-0.15, -0.1) is 0 Å². The summed E-state index contributed by atoms with van der Waals surface area (Å²) in [4.78, 5) is 10.9. The molecule has 0 saturated heterocycles. The van der Waals surface area contributed by atoms with Gasteiger partial charge in [-0.25, -0.2) is 13.6 Å². The minimum atomic E-state index is -3.79. The smallest absolute Gasteiger partial charge is 0.303 e. The first-order chi connectivity index (χ1) is 12.4. The van der Waals surface area contributed by atoms with Gasteiger partial charge in [0.15, 0.2) is 5.76 Å². The van der Waals surface area contributed by atoms with Gasteiger partial charge < -0.3 is 9.63 Å². The standard InChI is InChI=1S/C18H16N2O5S/c19-26(23,24)14-8-6-13(7-9-14)18-17(12-4-2-1-3-5-12)15(20-25-18)10-11-16(21)22/h1-9H,10-11H2,(H,21,22)(H2,19,23,24). The molecule has 1 heterocycles. The van der Waals surface area contributed by atoms with Crippen LogP contribution in [0.2, 0.25) is 0 Å². The highest BCUT2D eigenvalue weighted by Gasteiger charge is 2.20. The summed E-state index contributed by atoms with van der Waals surface area (Å²) < 4.78 is 28.3. The van der Waals surface area contributed by atoms with Crippen LogP contribution in [0.5, 0.6) is 0 Å². The van der Waals surface area contributed by atoms with E-state index in [0.717, 1.165) is 5.56 Å². The summed E-state index contributed by atoms with van der Waals surface area (Å²) in [5.41, 5.74) is 2.67. The van der Waals surface area contributed by atoms with Crippen molar-refractivity contribution >= 4 is 16.0 Å². The lowest BCUT2D eigenvalue weighted by atomic mass is 9.98. The molecule has 2 aromatic carbocycles. The van der Waals surface area contributed by atoms with Crippen molar-refractivity contribution in [2.75, 3.05) is 0 Å². The predicted octanol–water partition coefficient (Wildman–Crippen LogP) is 2.67. The largest absolute Gasteiger partial charge is 0.481 e. The zero-order valence-electron chi connectivity index (χ0n) is 13.6. The van der Waals surface area contributed by atoms with Gasteiger partial charge in [0.1, 0.15) is 0 Å². The monoisotopic (exact) mass is 372 g/mol. The average Bonchev–Trinajstić information content (AvgIpc) is 3.04. The van der Waals surface area contributed by atoms with Crippen LogP contribution in [0.1, 0.15) is 12.1 Å². The van der Waals surface area contributed by atoms with Crippen molar-refractivity contribution in [1.29, 1.82) is 0 Å². The first kappa shape index (κ1) is 17.8. The molecule has 3 rings (SSSR count). The Bertz CT molecular complexity index is 1030. The van der Waals surface area contributed by atoms with Crippen molar-refractivity contribution in [3.05, 3.63) is 60.3 Å². The molecule has 0 atom stereocenters. The summed E-state index contributed by atoms with van der Waals surface area (Å²) in [6, 6.07) is 15.3. The van der Waals surface area contributed by atoms with Crippen LogP contribution in [0.25, 0.3) is 22.5 Å². The summed E-state index contributed by atoms with van der Waals surface area (Å²) >= 11 is 0. The van der Waals surface area contributed by atoms with Crippen LogP contribution in [0.4, 0.5) is 0 Å². The average molecular weight is 372 g/mol. The molecule has 0 spiro atoms. The zero-order chi connectivity index (χ0) is 18.7. The third-order valence-corrected chi connectivity index (χ3v) is 4.78. The minimum Gasteiger partial charge on any atom is -0.481 e. The SMILES string of the molecule is NS(=O)(=O)c1ccc(-c2onc(CCC(=O)O)c2-c2ccccc2)cc1. The summed E-state index contributed by atoms with van der Waals surface area (Å²) in [7, 11) is -3.79. The fourth-order valence-electron chi connectivity index (χ4n) is 2.61. The topological polar surface area (TPSA) is 123 Å². The number of primary sulfonamides is 1. The third-order valence-electron chi connectivity index (χ3n) is 3.85. The van der Waals surface area contributed by atoms with Crippen LogP contribution in [0.3, 0.4) is 0 Å². The molecule has 0 bridgehead atoms. The van der Waals surface area contributed by atoms with Crippen molar-refractivity contribution in [2.24, 2.45) is 5.14 Å². The van der Waals surface area contributed by atoms with Crippen LogP contribution < -0.4 is 5.14 Å². The molecule has 0 saturated carbocycles. The Morgan fingerprint density at radius 2 is 1.69 bits per heavy atom. The summed E-state index contributed by atoms with van der Waals surface area (Å²) in [6.45, 7) is 0. The third kappa shape index (κ3) is 3.81. The van der Waals surface area contributed by atoms with Gasteiger partial charge in [0, 0.05) is 12.0 Å². The Morgan fingerprint density at radius 1 is 1.04 bits per heavy atom. The van der Waals surface area contributed by atoms with E-state index >= 15 is 0 Å². The lowest BCUT2D eigenvalue weighted by Crippen LogP contribution is -2.11. The summed E-state index contributed by atoms with van der Waals surface area (Å²) in [5.74, 6) is -0.483. The van der Waals surface area contributed by atoms with E-state index in [0.29, 0.717) is 22.6 Å². The number of aryl methyl sites for hydroxylation is 1. The van der Waals surface area contributed by atoms with Crippen molar-refractivity contribution < 1.29 is 22.8 Å². The van der Waals surface area contributed by atoms with Crippen molar-refractivity contribution in [2.45, 2.75) is 17.7 Å². The van der Waals surface area contributed by atoms with Crippen molar-refractivity contribution in [3.8, 4) is 22.5 Å². The van der Waals surface area contributed by atoms with Gasteiger partial charge in [-0.05, 0) is 29.8 Å². The first-order valence-electron chi connectivity index (χ1n) is 7.75. The maximum absolute atomic E-state index is 11.4. The van der Waals surface area contributed by atoms with Crippen LogP contribution in [0.15, 0.2) is 64.0 Å². The number of carboxylic acid groups (broad SMARTS) is 1.